The van der Waals surface area contributed by atoms with Crippen LogP contribution in [0.1, 0.15) is 0 Å². The van der Waals surface area contributed by atoms with Crippen LogP contribution in [-0.4, -0.2) is 25.2 Å². The van der Waals surface area contributed by atoms with Gasteiger partial charge in [-0.25, -0.2) is 13.2 Å². The van der Waals surface area contributed by atoms with Crippen molar-refractivity contribution in [3.8, 4) is 17.2 Å². The topological polar surface area (TPSA) is 27.7 Å². The summed E-state index contributed by atoms with van der Waals surface area (Å²) in [5, 5.41) is 0.462. The van der Waals surface area contributed by atoms with E-state index in [1.807, 2.05) is 0 Å². The normalized spacial score (nSPS) is 11.2. The van der Waals surface area contributed by atoms with E-state index in [2.05, 4.69) is 15.9 Å². The van der Waals surface area contributed by atoms with Crippen LogP contribution < -0.4 is 14.2 Å². The summed E-state index contributed by atoms with van der Waals surface area (Å²) in [4.78, 5) is 0. The summed E-state index contributed by atoms with van der Waals surface area (Å²) in [5.41, 5.74) is -0.642. The van der Waals surface area contributed by atoms with E-state index in [1.165, 1.54) is 72.8 Å². The Bertz CT molecular complexity index is 795. The van der Waals surface area contributed by atoms with Crippen LogP contribution >= 0.6 is 15.9 Å². The molecule has 7 heteroatoms. The Morgan fingerprint density at radius 3 is 1.03 bits per heavy atom. The van der Waals surface area contributed by atoms with Crippen LogP contribution in [0.2, 0.25) is 0 Å². The van der Waals surface area contributed by atoms with E-state index in [1.54, 1.807) is 0 Å². The van der Waals surface area contributed by atoms with Crippen molar-refractivity contribution < 1.29 is 27.4 Å². The Labute approximate surface area is 181 Å². The third kappa shape index (κ3) is 6.42. The van der Waals surface area contributed by atoms with Crippen molar-refractivity contribution in [3.05, 3.63) is 90.2 Å². The molecule has 0 saturated heterocycles. The van der Waals surface area contributed by atoms with Gasteiger partial charge in [-0.15, -0.1) is 0 Å². The van der Waals surface area contributed by atoms with Gasteiger partial charge in [0.05, 0.1) is 5.41 Å². The highest BCUT2D eigenvalue weighted by Crippen LogP contribution is 2.27. The molecule has 0 bridgehead atoms. The highest BCUT2D eigenvalue weighted by atomic mass is 79.9. The predicted octanol–water partition coefficient (Wildman–Crippen LogP) is 6.02. The van der Waals surface area contributed by atoms with E-state index in [4.69, 9.17) is 14.2 Å². The molecule has 0 aliphatic carbocycles. The van der Waals surface area contributed by atoms with Crippen molar-refractivity contribution in [1.82, 2.24) is 0 Å². The third-order valence-corrected chi connectivity index (χ3v) is 5.55. The van der Waals surface area contributed by atoms with E-state index < -0.39 is 5.41 Å². The molecule has 0 unspecified atom stereocenters. The van der Waals surface area contributed by atoms with E-state index in [0.29, 0.717) is 22.6 Å². The molecule has 0 N–H and O–H groups in total. The van der Waals surface area contributed by atoms with Gasteiger partial charge >= 0.3 is 0 Å². The highest BCUT2D eigenvalue weighted by Gasteiger charge is 2.33. The van der Waals surface area contributed by atoms with Crippen LogP contribution in [0.4, 0.5) is 13.2 Å². The summed E-state index contributed by atoms with van der Waals surface area (Å²) < 4.78 is 57.0. The molecule has 0 radical (unpaired) electrons. The largest absolute Gasteiger partial charge is 0.493 e. The van der Waals surface area contributed by atoms with Gasteiger partial charge < -0.3 is 14.2 Å². The van der Waals surface area contributed by atoms with Gasteiger partial charge in [-0.05, 0) is 72.8 Å². The highest BCUT2D eigenvalue weighted by molar-refractivity contribution is 9.09. The van der Waals surface area contributed by atoms with Gasteiger partial charge in [0, 0.05) is 5.33 Å². The molecule has 0 amide bonds. The number of rotatable bonds is 10. The Morgan fingerprint density at radius 2 is 0.800 bits per heavy atom. The quantitative estimate of drug-likeness (QED) is 0.332. The summed E-state index contributed by atoms with van der Waals surface area (Å²) in [5.74, 6) is 0.455. The molecule has 0 aromatic heterocycles. The minimum atomic E-state index is -0.642. The number of hydrogen-bond donors (Lipinski definition) is 0. The molecule has 0 aliphatic rings. The standard InChI is InChI=1S/C23H20BrF3O3/c24-13-23(14-28-20-7-1-17(25)2-8-20,15-29-21-9-3-18(26)4-10-21)16-30-22-11-5-19(27)6-12-22/h1-12H,13-16H2. The summed E-state index contributed by atoms with van der Waals surface area (Å²) >= 11 is 3.51. The van der Waals surface area contributed by atoms with Crippen LogP contribution in [-0.2, 0) is 0 Å². The van der Waals surface area contributed by atoms with Crippen LogP contribution in [0.25, 0.3) is 0 Å². The van der Waals surface area contributed by atoms with Gasteiger partial charge in [0.15, 0.2) is 0 Å². The van der Waals surface area contributed by atoms with E-state index in [-0.39, 0.29) is 37.3 Å². The van der Waals surface area contributed by atoms with Gasteiger partial charge in [0.25, 0.3) is 0 Å². The number of ether oxygens (including phenoxy) is 3. The van der Waals surface area contributed by atoms with Crippen molar-refractivity contribution in [2.24, 2.45) is 5.41 Å². The lowest BCUT2D eigenvalue weighted by Gasteiger charge is -2.31. The van der Waals surface area contributed by atoms with Crippen LogP contribution in [0.3, 0.4) is 0 Å². The average molecular weight is 481 g/mol. The van der Waals surface area contributed by atoms with Gasteiger partial charge in [0.1, 0.15) is 54.5 Å². The molecule has 0 spiro atoms. The Morgan fingerprint density at radius 1 is 0.533 bits per heavy atom. The fourth-order valence-electron chi connectivity index (χ4n) is 2.54. The molecular weight excluding hydrogens is 461 g/mol. The number of halogens is 4. The molecule has 0 heterocycles. The Kier molecular flexibility index (Phi) is 7.63. The van der Waals surface area contributed by atoms with Crippen molar-refractivity contribution in [2.75, 3.05) is 25.2 Å². The fourth-order valence-corrected chi connectivity index (χ4v) is 3.03. The van der Waals surface area contributed by atoms with Gasteiger partial charge in [-0.1, -0.05) is 15.9 Å². The molecule has 3 aromatic carbocycles. The first kappa shape index (κ1) is 22.0. The summed E-state index contributed by atoms with van der Waals surface area (Å²) in [6.45, 7) is 0.602. The zero-order chi connectivity index (χ0) is 21.4. The first-order valence-corrected chi connectivity index (χ1v) is 10.3. The number of benzene rings is 3. The molecule has 3 aromatic rings. The minimum Gasteiger partial charge on any atom is -0.493 e. The Balaban J connectivity index is 1.72. The molecule has 158 valence electrons. The maximum absolute atomic E-state index is 13.1. The maximum Gasteiger partial charge on any atom is 0.123 e. The first-order valence-electron chi connectivity index (χ1n) is 9.19. The predicted molar refractivity (Wildman–Crippen MR) is 112 cm³/mol. The third-order valence-electron chi connectivity index (χ3n) is 4.36. The molecule has 0 atom stereocenters. The zero-order valence-electron chi connectivity index (χ0n) is 16.0. The van der Waals surface area contributed by atoms with Crippen molar-refractivity contribution in [2.45, 2.75) is 0 Å². The SMILES string of the molecule is Fc1ccc(OCC(CBr)(COc2ccc(F)cc2)COc2ccc(F)cc2)cc1. The smallest absolute Gasteiger partial charge is 0.123 e. The van der Waals surface area contributed by atoms with E-state index in [0.717, 1.165) is 0 Å². The van der Waals surface area contributed by atoms with Crippen LogP contribution in [0, 0.1) is 22.9 Å². The molecule has 0 aliphatic heterocycles. The first-order chi connectivity index (χ1) is 14.5. The monoisotopic (exact) mass is 480 g/mol. The zero-order valence-corrected chi connectivity index (χ0v) is 17.6. The van der Waals surface area contributed by atoms with Crippen molar-refractivity contribution >= 4 is 15.9 Å². The summed E-state index contributed by atoms with van der Waals surface area (Å²) in [7, 11) is 0. The average Bonchev–Trinajstić information content (AvgIpc) is 2.77. The Hall–Kier alpha value is -2.67. The van der Waals surface area contributed by atoms with Crippen LogP contribution in [0.5, 0.6) is 17.2 Å². The molecule has 3 nitrogen and oxygen atoms in total. The second-order valence-electron chi connectivity index (χ2n) is 6.86. The lowest BCUT2D eigenvalue weighted by atomic mass is 9.94. The minimum absolute atomic E-state index is 0.201. The lowest BCUT2D eigenvalue weighted by molar-refractivity contribution is 0.0520. The van der Waals surface area contributed by atoms with Crippen molar-refractivity contribution in [3.63, 3.8) is 0 Å². The van der Waals surface area contributed by atoms with Gasteiger partial charge in [0.2, 0.25) is 0 Å². The van der Waals surface area contributed by atoms with Crippen LogP contribution in [0.15, 0.2) is 72.8 Å². The van der Waals surface area contributed by atoms with E-state index in [9.17, 15) is 13.2 Å². The number of hydrogen-bond acceptors (Lipinski definition) is 3. The second kappa shape index (κ2) is 10.4. The fraction of sp³-hybridized carbons (Fsp3) is 0.217. The molecule has 30 heavy (non-hydrogen) atoms. The molecule has 3 rings (SSSR count). The molecular formula is C23H20BrF3O3. The molecule has 0 fully saturated rings. The lowest BCUT2D eigenvalue weighted by Crippen LogP contribution is -2.42. The number of alkyl halides is 1. The summed E-state index contributed by atoms with van der Waals surface area (Å²) in [6, 6.07) is 17.1. The van der Waals surface area contributed by atoms with E-state index >= 15 is 0 Å². The van der Waals surface area contributed by atoms with Gasteiger partial charge in [-0.3, -0.25) is 0 Å². The molecule has 0 saturated carbocycles. The summed E-state index contributed by atoms with van der Waals surface area (Å²) in [6.07, 6.45) is 0. The second-order valence-corrected chi connectivity index (χ2v) is 7.42. The maximum atomic E-state index is 13.1. The van der Waals surface area contributed by atoms with Gasteiger partial charge in [-0.2, -0.15) is 0 Å². The van der Waals surface area contributed by atoms with Crippen molar-refractivity contribution in [1.29, 1.82) is 0 Å².